The summed E-state index contributed by atoms with van der Waals surface area (Å²) in [6.07, 6.45) is 1.90. The average Bonchev–Trinajstić information content (AvgIpc) is 2.21. The van der Waals surface area contributed by atoms with E-state index in [1.807, 2.05) is 29.6 Å². The Hall–Kier alpha value is -0.340. The summed E-state index contributed by atoms with van der Waals surface area (Å²) in [4.78, 5) is 2.78. The molecular formula is C12H16S2. The summed E-state index contributed by atoms with van der Waals surface area (Å²) in [7, 11) is 0. The number of thioether (sulfide) groups is 2. The summed E-state index contributed by atoms with van der Waals surface area (Å²) < 4.78 is 0. The van der Waals surface area contributed by atoms with Crippen molar-refractivity contribution >= 4 is 29.6 Å². The van der Waals surface area contributed by atoms with E-state index in [1.54, 1.807) is 0 Å². The first-order chi connectivity index (χ1) is 6.81. The van der Waals surface area contributed by atoms with Crippen LogP contribution in [0.25, 0.3) is 6.08 Å². The fourth-order valence-electron chi connectivity index (χ4n) is 1.19. The largest absolute Gasteiger partial charge is 0.125 e. The van der Waals surface area contributed by atoms with Crippen LogP contribution in [0.3, 0.4) is 0 Å². The first-order valence-corrected chi connectivity index (χ1v) is 6.81. The van der Waals surface area contributed by atoms with Crippen molar-refractivity contribution in [3.8, 4) is 0 Å². The number of benzene rings is 1. The van der Waals surface area contributed by atoms with Crippen LogP contribution in [-0.2, 0) is 0 Å². The van der Waals surface area contributed by atoms with Crippen molar-refractivity contribution in [2.24, 2.45) is 0 Å². The smallest absolute Gasteiger partial charge is 0.0214 e. The van der Waals surface area contributed by atoms with E-state index in [4.69, 9.17) is 0 Å². The van der Waals surface area contributed by atoms with Crippen LogP contribution < -0.4 is 0 Å². The van der Waals surface area contributed by atoms with Crippen molar-refractivity contribution in [2.75, 3.05) is 11.5 Å². The Bertz CT molecular complexity index is 305. The topological polar surface area (TPSA) is 0 Å². The van der Waals surface area contributed by atoms with E-state index < -0.39 is 0 Å². The van der Waals surface area contributed by atoms with Gasteiger partial charge in [0.2, 0.25) is 0 Å². The van der Waals surface area contributed by atoms with Gasteiger partial charge < -0.3 is 0 Å². The van der Waals surface area contributed by atoms with Gasteiger partial charge in [-0.05, 0) is 29.2 Å². The molecule has 0 aromatic heterocycles. The van der Waals surface area contributed by atoms with Crippen LogP contribution in [0.2, 0.25) is 0 Å². The Balaban J connectivity index is 2.96. The first kappa shape index (κ1) is 11.7. The monoisotopic (exact) mass is 224 g/mol. The van der Waals surface area contributed by atoms with Gasteiger partial charge in [0, 0.05) is 9.79 Å². The third-order valence-electron chi connectivity index (χ3n) is 1.80. The highest BCUT2D eigenvalue weighted by Gasteiger charge is 2.02. The van der Waals surface area contributed by atoms with E-state index >= 15 is 0 Å². The summed E-state index contributed by atoms with van der Waals surface area (Å²) in [5, 5.41) is 0. The molecule has 1 aromatic carbocycles. The predicted molar refractivity (Wildman–Crippen MR) is 69.3 cm³/mol. The molecule has 0 atom stereocenters. The van der Waals surface area contributed by atoms with Gasteiger partial charge in [0.1, 0.15) is 0 Å². The summed E-state index contributed by atoms with van der Waals surface area (Å²) in [5.41, 5.74) is 1.21. The third kappa shape index (κ3) is 3.10. The van der Waals surface area contributed by atoms with Crippen LogP contribution in [0.15, 0.2) is 34.6 Å². The molecule has 0 fully saturated rings. The minimum Gasteiger partial charge on any atom is -0.125 e. The van der Waals surface area contributed by atoms with E-state index in [2.05, 4.69) is 38.6 Å². The molecule has 0 spiro atoms. The zero-order valence-corrected chi connectivity index (χ0v) is 10.4. The van der Waals surface area contributed by atoms with E-state index in [0.717, 1.165) is 11.5 Å². The van der Waals surface area contributed by atoms with Crippen LogP contribution in [0.4, 0.5) is 0 Å². The maximum Gasteiger partial charge on any atom is 0.0214 e. The van der Waals surface area contributed by atoms with Gasteiger partial charge in [-0.25, -0.2) is 0 Å². The SMILES string of the molecule is C=Cc1ccc(SCC)c(SCC)c1. The Morgan fingerprint density at radius 1 is 1.14 bits per heavy atom. The Morgan fingerprint density at radius 3 is 2.36 bits per heavy atom. The number of rotatable bonds is 5. The highest BCUT2D eigenvalue weighted by Crippen LogP contribution is 2.31. The molecule has 76 valence electrons. The maximum absolute atomic E-state index is 3.79. The van der Waals surface area contributed by atoms with Gasteiger partial charge in [0.05, 0.1) is 0 Å². The number of hydrogen-bond donors (Lipinski definition) is 0. The molecule has 0 unspecified atom stereocenters. The van der Waals surface area contributed by atoms with Gasteiger partial charge in [-0.2, -0.15) is 0 Å². The van der Waals surface area contributed by atoms with Crippen molar-refractivity contribution in [3.63, 3.8) is 0 Å². The predicted octanol–water partition coefficient (Wildman–Crippen LogP) is 4.55. The Kier molecular flexibility index (Phi) is 5.20. The molecule has 0 saturated heterocycles. The second kappa shape index (κ2) is 6.20. The quantitative estimate of drug-likeness (QED) is 0.673. The number of hydrogen-bond acceptors (Lipinski definition) is 2. The normalized spacial score (nSPS) is 10.1. The molecule has 0 heterocycles. The molecule has 1 aromatic rings. The molecule has 0 aliphatic rings. The van der Waals surface area contributed by atoms with Crippen molar-refractivity contribution < 1.29 is 0 Å². The molecule has 0 radical (unpaired) electrons. The lowest BCUT2D eigenvalue weighted by Gasteiger charge is -2.07. The van der Waals surface area contributed by atoms with Gasteiger partial charge in [-0.3, -0.25) is 0 Å². The zero-order valence-electron chi connectivity index (χ0n) is 8.75. The lowest BCUT2D eigenvalue weighted by atomic mass is 10.2. The van der Waals surface area contributed by atoms with Crippen LogP contribution in [-0.4, -0.2) is 11.5 Å². The lowest BCUT2D eigenvalue weighted by Crippen LogP contribution is -1.82. The van der Waals surface area contributed by atoms with Gasteiger partial charge in [-0.1, -0.05) is 32.6 Å². The maximum atomic E-state index is 3.79. The van der Waals surface area contributed by atoms with Crippen LogP contribution in [0, 0.1) is 0 Å². The molecule has 2 heteroatoms. The second-order valence-corrected chi connectivity index (χ2v) is 5.39. The third-order valence-corrected chi connectivity index (χ3v) is 3.83. The first-order valence-electron chi connectivity index (χ1n) is 4.83. The van der Waals surface area contributed by atoms with Crippen LogP contribution in [0.5, 0.6) is 0 Å². The molecule has 0 nitrogen and oxygen atoms in total. The minimum absolute atomic E-state index is 1.12. The summed E-state index contributed by atoms with van der Waals surface area (Å²) >= 11 is 3.81. The Labute approximate surface area is 95.2 Å². The van der Waals surface area contributed by atoms with Crippen LogP contribution >= 0.6 is 23.5 Å². The molecule has 0 aliphatic heterocycles. The summed E-state index contributed by atoms with van der Waals surface area (Å²) in [5.74, 6) is 2.25. The van der Waals surface area contributed by atoms with Gasteiger partial charge in [-0.15, -0.1) is 23.5 Å². The van der Waals surface area contributed by atoms with E-state index in [-0.39, 0.29) is 0 Å². The molecule has 0 N–H and O–H groups in total. The van der Waals surface area contributed by atoms with Crippen LogP contribution in [0.1, 0.15) is 19.4 Å². The second-order valence-electron chi connectivity index (χ2n) is 2.78. The molecule has 0 amide bonds. The standard InChI is InChI=1S/C12H16S2/c1-4-10-7-8-11(13-5-2)12(9-10)14-6-3/h4,7-9H,1,5-6H2,2-3H3. The van der Waals surface area contributed by atoms with Crippen molar-refractivity contribution in [3.05, 3.63) is 30.3 Å². The molecule has 0 saturated carbocycles. The van der Waals surface area contributed by atoms with Crippen molar-refractivity contribution in [1.82, 2.24) is 0 Å². The lowest BCUT2D eigenvalue weighted by molar-refractivity contribution is 1.23. The van der Waals surface area contributed by atoms with E-state index in [1.165, 1.54) is 15.4 Å². The van der Waals surface area contributed by atoms with Gasteiger partial charge in [0.25, 0.3) is 0 Å². The van der Waals surface area contributed by atoms with Gasteiger partial charge in [0.15, 0.2) is 0 Å². The van der Waals surface area contributed by atoms with Crippen molar-refractivity contribution in [2.45, 2.75) is 23.6 Å². The summed E-state index contributed by atoms with van der Waals surface area (Å²) in [6.45, 7) is 8.16. The van der Waals surface area contributed by atoms with E-state index in [9.17, 15) is 0 Å². The average molecular weight is 224 g/mol. The molecule has 1 rings (SSSR count). The molecule has 0 aliphatic carbocycles. The van der Waals surface area contributed by atoms with E-state index in [0.29, 0.717) is 0 Å². The zero-order chi connectivity index (χ0) is 10.4. The minimum atomic E-state index is 1.12. The van der Waals surface area contributed by atoms with Gasteiger partial charge >= 0.3 is 0 Å². The Morgan fingerprint density at radius 2 is 1.79 bits per heavy atom. The highest BCUT2D eigenvalue weighted by atomic mass is 32.2. The molecule has 0 bridgehead atoms. The van der Waals surface area contributed by atoms with Crippen molar-refractivity contribution in [1.29, 1.82) is 0 Å². The molecular weight excluding hydrogens is 208 g/mol. The fourth-order valence-corrected chi connectivity index (χ4v) is 2.97. The highest BCUT2D eigenvalue weighted by molar-refractivity contribution is 8.02. The summed E-state index contributed by atoms with van der Waals surface area (Å²) in [6, 6.07) is 6.55. The molecule has 14 heavy (non-hydrogen) atoms. The fraction of sp³-hybridized carbons (Fsp3) is 0.333.